The highest BCUT2D eigenvalue weighted by molar-refractivity contribution is 6.01. The maximum Gasteiger partial charge on any atom is 0.262 e. The van der Waals surface area contributed by atoms with Crippen LogP contribution >= 0.6 is 0 Å². The predicted octanol–water partition coefficient (Wildman–Crippen LogP) is 0.524. The van der Waals surface area contributed by atoms with Crippen molar-refractivity contribution in [3.8, 4) is 6.07 Å². The van der Waals surface area contributed by atoms with Crippen molar-refractivity contribution in [2.75, 3.05) is 7.05 Å². The monoisotopic (exact) mass is 261 g/mol. The molecule has 0 saturated heterocycles. The average Bonchev–Trinajstić information content (AvgIpc) is 2.38. The summed E-state index contributed by atoms with van der Waals surface area (Å²) in [5, 5.41) is 20.3. The van der Waals surface area contributed by atoms with Gasteiger partial charge in [-0.3, -0.25) is 10.1 Å². The first kappa shape index (κ1) is 14.5. The molecule has 1 amide bonds. The third-order valence-electron chi connectivity index (χ3n) is 2.41. The summed E-state index contributed by atoms with van der Waals surface area (Å²) in [4.78, 5) is 11.9. The summed E-state index contributed by atoms with van der Waals surface area (Å²) in [6, 6.07) is 7.40. The van der Waals surface area contributed by atoms with Crippen LogP contribution in [0.2, 0.25) is 0 Å². The Hall–Kier alpha value is -2.52. The highest BCUT2D eigenvalue weighted by Crippen LogP contribution is 2.06. The van der Waals surface area contributed by atoms with Crippen LogP contribution in [-0.2, 0) is 0 Å². The molecule has 4 N–H and O–H groups in total. The van der Waals surface area contributed by atoms with Crippen molar-refractivity contribution in [1.82, 2.24) is 5.32 Å². The molecule has 1 rings (SSSR count). The van der Waals surface area contributed by atoms with E-state index in [1.807, 2.05) is 6.07 Å². The molecule has 0 aliphatic rings. The SMILES string of the molecule is C[NH2+]C(NC(=O)c1ccccc1F)=C(C#N)C(C)=N. The summed E-state index contributed by atoms with van der Waals surface area (Å²) < 4.78 is 13.4. The fourth-order valence-corrected chi connectivity index (χ4v) is 1.46. The summed E-state index contributed by atoms with van der Waals surface area (Å²) in [6.45, 7) is 1.44. The van der Waals surface area contributed by atoms with Crippen molar-refractivity contribution in [1.29, 1.82) is 10.7 Å². The first-order valence-electron chi connectivity index (χ1n) is 5.56. The Bertz CT molecular complexity index is 587. The van der Waals surface area contributed by atoms with Gasteiger partial charge in [-0.2, -0.15) is 5.26 Å². The van der Waals surface area contributed by atoms with Gasteiger partial charge in [0, 0.05) is 0 Å². The molecule has 5 nitrogen and oxygen atoms in total. The zero-order valence-electron chi connectivity index (χ0n) is 10.6. The number of carbonyl (C=O) groups is 1. The minimum Gasteiger partial charge on any atom is -0.304 e. The highest BCUT2D eigenvalue weighted by atomic mass is 19.1. The second-order valence-electron chi connectivity index (χ2n) is 3.75. The third-order valence-corrected chi connectivity index (χ3v) is 2.41. The number of nitrogens with two attached hydrogens (primary N) is 1. The molecule has 1 aromatic carbocycles. The molecular weight excluding hydrogens is 247 g/mol. The minimum atomic E-state index is -0.653. The normalized spacial score (nSPS) is 11.3. The van der Waals surface area contributed by atoms with Crippen molar-refractivity contribution in [2.45, 2.75) is 6.92 Å². The largest absolute Gasteiger partial charge is 0.304 e. The standard InChI is InChI=1S/C13H13FN4O/c1-8(16)10(7-15)12(17-2)18-13(19)9-5-3-4-6-11(9)14/h3-6,16-17H,1-2H3,(H,18,19)/p+1. The fraction of sp³-hybridized carbons (Fsp3) is 0.154. The van der Waals surface area contributed by atoms with Crippen LogP contribution in [0.1, 0.15) is 17.3 Å². The van der Waals surface area contributed by atoms with E-state index in [0.29, 0.717) is 0 Å². The zero-order valence-corrected chi connectivity index (χ0v) is 10.6. The van der Waals surface area contributed by atoms with Crippen LogP contribution in [-0.4, -0.2) is 18.7 Å². The number of halogens is 1. The summed E-state index contributed by atoms with van der Waals surface area (Å²) in [5.41, 5.74) is -0.0293. The summed E-state index contributed by atoms with van der Waals surface area (Å²) in [7, 11) is 1.62. The Morgan fingerprint density at radius 1 is 1.47 bits per heavy atom. The topological polar surface area (TPSA) is 93.3 Å². The number of hydrogen-bond donors (Lipinski definition) is 3. The Morgan fingerprint density at radius 2 is 2.11 bits per heavy atom. The lowest BCUT2D eigenvalue weighted by Gasteiger charge is -2.07. The molecule has 19 heavy (non-hydrogen) atoms. The Balaban J connectivity index is 3.08. The van der Waals surface area contributed by atoms with Gasteiger partial charge in [-0.15, -0.1) is 0 Å². The maximum atomic E-state index is 13.4. The van der Waals surface area contributed by atoms with Crippen molar-refractivity contribution in [3.63, 3.8) is 0 Å². The van der Waals surface area contributed by atoms with Gasteiger partial charge in [-0.1, -0.05) is 12.1 Å². The number of nitrogens with zero attached hydrogens (tertiary/aromatic N) is 1. The van der Waals surface area contributed by atoms with Crippen LogP contribution in [0.4, 0.5) is 4.39 Å². The number of amides is 1. The van der Waals surface area contributed by atoms with Crippen molar-refractivity contribution in [3.05, 3.63) is 47.0 Å². The molecule has 0 bridgehead atoms. The van der Waals surface area contributed by atoms with Crippen molar-refractivity contribution < 1.29 is 14.5 Å². The van der Waals surface area contributed by atoms with Crippen molar-refractivity contribution >= 4 is 11.6 Å². The predicted molar refractivity (Wildman–Crippen MR) is 67.8 cm³/mol. The van der Waals surface area contributed by atoms with Gasteiger partial charge in [0.25, 0.3) is 5.91 Å². The van der Waals surface area contributed by atoms with E-state index in [-0.39, 0.29) is 22.7 Å². The van der Waals surface area contributed by atoms with E-state index >= 15 is 0 Å². The van der Waals surface area contributed by atoms with E-state index in [1.54, 1.807) is 13.1 Å². The molecule has 1 aromatic rings. The van der Waals surface area contributed by atoms with Crippen LogP contribution in [0.3, 0.4) is 0 Å². The average molecular weight is 261 g/mol. The lowest BCUT2D eigenvalue weighted by atomic mass is 10.1. The Labute approximate surface area is 110 Å². The van der Waals surface area contributed by atoms with Gasteiger partial charge in [0.2, 0.25) is 5.82 Å². The molecule has 98 valence electrons. The van der Waals surface area contributed by atoms with E-state index in [9.17, 15) is 9.18 Å². The third kappa shape index (κ3) is 3.47. The lowest BCUT2D eigenvalue weighted by molar-refractivity contribution is -0.580. The molecule has 0 spiro atoms. The van der Waals surface area contributed by atoms with Crippen LogP contribution < -0.4 is 10.6 Å². The Morgan fingerprint density at radius 3 is 2.58 bits per heavy atom. The van der Waals surface area contributed by atoms with Gasteiger partial charge in [-0.25, -0.2) is 4.39 Å². The second kappa shape index (κ2) is 6.42. The van der Waals surface area contributed by atoms with Gasteiger partial charge in [-0.05, 0) is 19.1 Å². The molecule has 0 aliphatic carbocycles. The quantitative estimate of drug-likeness (QED) is 0.544. The number of carbonyl (C=O) groups excluding carboxylic acids is 1. The molecule has 6 heteroatoms. The summed E-state index contributed by atoms with van der Waals surface area (Å²) in [6.07, 6.45) is 0. The molecule has 0 fully saturated rings. The minimum absolute atomic E-state index is 0.0319. The van der Waals surface area contributed by atoms with Crippen molar-refractivity contribution in [2.24, 2.45) is 0 Å². The van der Waals surface area contributed by atoms with Gasteiger partial charge in [0.1, 0.15) is 11.9 Å². The number of hydrogen-bond acceptors (Lipinski definition) is 3. The smallest absolute Gasteiger partial charge is 0.262 e. The van der Waals surface area contributed by atoms with Crippen LogP contribution in [0.5, 0.6) is 0 Å². The first-order chi connectivity index (χ1) is 9.01. The molecule has 0 saturated carbocycles. The Kier molecular flexibility index (Phi) is 4.92. The molecule has 0 aliphatic heterocycles. The van der Waals surface area contributed by atoms with Gasteiger partial charge in [0.05, 0.1) is 18.3 Å². The number of benzene rings is 1. The molecule has 0 aromatic heterocycles. The fourth-order valence-electron chi connectivity index (χ4n) is 1.46. The number of nitriles is 1. The first-order valence-corrected chi connectivity index (χ1v) is 5.56. The summed E-state index contributed by atoms with van der Waals surface area (Å²) >= 11 is 0. The van der Waals surface area contributed by atoms with Crippen LogP contribution in [0.15, 0.2) is 35.7 Å². The zero-order chi connectivity index (χ0) is 14.4. The van der Waals surface area contributed by atoms with E-state index < -0.39 is 11.7 Å². The van der Waals surface area contributed by atoms with Gasteiger partial charge < -0.3 is 10.7 Å². The maximum absolute atomic E-state index is 13.4. The van der Waals surface area contributed by atoms with E-state index in [1.165, 1.54) is 30.4 Å². The number of rotatable bonds is 4. The number of quaternary nitrogens is 1. The molecule has 0 heterocycles. The molecule has 0 unspecified atom stereocenters. The number of nitrogens with one attached hydrogen (secondary N) is 2. The second-order valence-corrected chi connectivity index (χ2v) is 3.75. The van der Waals surface area contributed by atoms with Gasteiger partial charge in [0.15, 0.2) is 5.57 Å². The lowest BCUT2D eigenvalue weighted by Crippen LogP contribution is -2.81. The van der Waals surface area contributed by atoms with Gasteiger partial charge >= 0.3 is 0 Å². The van der Waals surface area contributed by atoms with Crippen LogP contribution in [0, 0.1) is 22.6 Å². The number of allylic oxidation sites excluding steroid dienone is 1. The molecule has 0 radical (unpaired) electrons. The molecule has 0 atom stereocenters. The van der Waals surface area contributed by atoms with E-state index in [0.717, 1.165) is 0 Å². The van der Waals surface area contributed by atoms with Crippen LogP contribution in [0.25, 0.3) is 0 Å². The summed E-state index contributed by atoms with van der Waals surface area (Å²) in [5.74, 6) is -1.09. The molecular formula is C13H14FN4O+. The van der Waals surface area contributed by atoms with E-state index in [2.05, 4.69) is 5.32 Å². The van der Waals surface area contributed by atoms with E-state index in [4.69, 9.17) is 10.7 Å². The highest BCUT2D eigenvalue weighted by Gasteiger charge is 2.17.